The quantitative estimate of drug-likeness (QED) is 0.843. The van der Waals surface area contributed by atoms with E-state index in [2.05, 4.69) is 24.0 Å². The summed E-state index contributed by atoms with van der Waals surface area (Å²) >= 11 is 0. The lowest BCUT2D eigenvalue weighted by atomic mass is 9.99. The van der Waals surface area contributed by atoms with E-state index in [0.29, 0.717) is 12.1 Å². The Hall–Kier alpha value is -2.42. The summed E-state index contributed by atoms with van der Waals surface area (Å²) in [5.74, 6) is 0.0660. The van der Waals surface area contributed by atoms with Gasteiger partial charge >= 0.3 is 0 Å². The maximum Gasteiger partial charge on any atom is 0.255 e. The third-order valence-corrected chi connectivity index (χ3v) is 4.16. The summed E-state index contributed by atoms with van der Waals surface area (Å²) in [6.45, 7) is 3.64. The Balaban J connectivity index is 1.88. The predicted octanol–water partition coefficient (Wildman–Crippen LogP) is 3.79. The van der Waals surface area contributed by atoms with Crippen molar-refractivity contribution in [1.29, 1.82) is 0 Å². The number of pyridine rings is 1. The van der Waals surface area contributed by atoms with Crippen LogP contribution in [0.5, 0.6) is 0 Å². The van der Waals surface area contributed by atoms with Gasteiger partial charge in [0, 0.05) is 25.5 Å². The summed E-state index contributed by atoms with van der Waals surface area (Å²) in [5, 5.41) is 0. The number of hydrogen-bond acceptors (Lipinski definition) is 2. The van der Waals surface area contributed by atoms with E-state index in [9.17, 15) is 4.79 Å². The first-order valence-electron chi connectivity index (χ1n) is 7.69. The van der Waals surface area contributed by atoms with Gasteiger partial charge in [-0.25, -0.2) is 0 Å². The van der Waals surface area contributed by atoms with Crippen LogP contribution in [0.15, 0.2) is 60.4 Å². The lowest BCUT2D eigenvalue weighted by Crippen LogP contribution is -2.32. The number of aromatic nitrogens is 1. The van der Waals surface area contributed by atoms with Crippen molar-refractivity contribution in [3.63, 3.8) is 0 Å². The van der Waals surface area contributed by atoms with Crippen LogP contribution >= 0.6 is 0 Å². The van der Waals surface area contributed by atoms with Gasteiger partial charge in [0.1, 0.15) is 0 Å². The number of amides is 1. The summed E-state index contributed by atoms with van der Waals surface area (Å²) in [6, 6.07) is 14.0. The largest absolute Gasteiger partial charge is 0.334 e. The van der Waals surface area contributed by atoms with Crippen LogP contribution < -0.4 is 0 Å². The van der Waals surface area contributed by atoms with Gasteiger partial charge in [0.2, 0.25) is 0 Å². The highest BCUT2D eigenvalue weighted by Gasteiger charge is 2.21. The van der Waals surface area contributed by atoms with Gasteiger partial charge in [0.05, 0.1) is 5.56 Å². The lowest BCUT2D eigenvalue weighted by Gasteiger charge is -2.22. The van der Waals surface area contributed by atoms with E-state index in [1.54, 1.807) is 12.4 Å². The van der Waals surface area contributed by atoms with Gasteiger partial charge in [-0.3, -0.25) is 9.78 Å². The average Bonchev–Trinajstić information content (AvgIpc) is 2.77. The molecule has 3 heteroatoms. The van der Waals surface area contributed by atoms with E-state index >= 15 is 0 Å². The summed E-state index contributed by atoms with van der Waals surface area (Å²) in [5.41, 5.74) is 4.53. The molecule has 0 atom stereocenters. The maximum atomic E-state index is 12.7. The van der Waals surface area contributed by atoms with Crippen molar-refractivity contribution in [1.82, 2.24) is 9.88 Å². The van der Waals surface area contributed by atoms with E-state index < -0.39 is 0 Å². The van der Waals surface area contributed by atoms with Crippen LogP contribution in [0.25, 0.3) is 5.57 Å². The monoisotopic (exact) mass is 292 g/mol. The molecule has 0 bridgehead atoms. The molecule has 3 rings (SSSR count). The maximum absolute atomic E-state index is 12.7. The number of allylic oxidation sites excluding steroid dienone is 1. The van der Waals surface area contributed by atoms with E-state index in [1.807, 2.05) is 35.2 Å². The van der Waals surface area contributed by atoms with Gasteiger partial charge in [-0.05, 0) is 43.0 Å². The Labute approximate surface area is 131 Å². The highest BCUT2D eigenvalue weighted by atomic mass is 16.2. The van der Waals surface area contributed by atoms with Crippen LogP contribution in [0, 0.1) is 0 Å². The Morgan fingerprint density at radius 2 is 1.95 bits per heavy atom. The van der Waals surface area contributed by atoms with Crippen molar-refractivity contribution in [3.05, 3.63) is 71.6 Å². The van der Waals surface area contributed by atoms with Gasteiger partial charge < -0.3 is 4.90 Å². The Morgan fingerprint density at radius 3 is 2.68 bits per heavy atom. The second-order valence-electron chi connectivity index (χ2n) is 5.70. The highest BCUT2D eigenvalue weighted by Crippen LogP contribution is 2.26. The summed E-state index contributed by atoms with van der Waals surface area (Å²) in [7, 11) is 0. The third-order valence-electron chi connectivity index (χ3n) is 4.16. The number of carbonyl (C=O) groups excluding carboxylic acids is 1. The van der Waals surface area contributed by atoms with Crippen LogP contribution in [0.2, 0.25) is 0 Å². The van der Waals surface area contributed by atoms with E-state index in [0.717, 1.165) is 19.4 Å². The van der Waals surface area contributed by atoms with Crippen LogP contribution in [-0.2, 0) is 0 Å². The molecular weight excluding hydrogens is 272 g/mol. The molecule has 1 amide bonds. The number of nitrogens with zero attached hydrogens (tertiary/aromatic N) is 2. The molecule has 0 radical (unpaired) electrons. The summed E-state index contributed by atoms with van der Waals surface area (Å²) < 4.78 is 0. The molecule has 0 unspecified atom stereocenters. The zero-order valence-electron chi connectivity index (χ0n) is 12.8. The molecule has 2 aromatic rings. The fourth-order valence-electron chi connectivity index (χ4n) is 2.91. The molecular formula is C19H20N2O. The molecule has 112 valence electrons. The van der Waals surface area contributed by atoms with Crippen molar-refractivity contribution in [2.75, 3.05) is 13.1 Å². The second kappa shape index (κ2) is 6.56. The first-order valence-corrected chi connectivity index (χ1v) is 7.69. The average molecular weight is 292 g/mol. The molecule has 1 aromatic heterocycles. The molecule has 1 aromatic carbocycles. The molecule has 22 heavy (non-hydrogen) atoms. The number of hydrogen-bond donors (Lipinski definition) is 0. The van der Waals surface area contributed by atoms with Crippen molar-refractivity contribution in [3.8, 4) is 0 Å². The molecule has 0 saturated carbocycles. The Bertz CT molecular complexity index is 677. The van der Waals surface area contributed by atoms with E-state index in [4.69, 9.17) is 0 Å². The summed E-state index contributed by atoms with van der Waals surface area (Å²) in [6.07, 6.45) is 5.39. The summed E-state index contributed by atoms with van der Waals surface area (Å²) in [4.78, 5) is 18.7. The molecule has 0 fully saturated rings. The van der Waals surface area contributed by atoms with E-state index in [1.165, 1.54) is 16.7 Å². The number of carbonyl (C=O) groups is 1. The topological polar surface area (TPSA) is 33.2 Å². The highest BCUT2D eigenvalue weighted by molar-refractivity contribution is 5.95. The molecule has 3 nitrogen and oxygen atoms in total. The minimum Gasteiger partial charge on any atom is -0.334 e. The fraction of sp³-hybridized carbons (Fsp3) is 0.263. The Morgan fingerprint density at radius 1 is 1.14 bits per heavy atom. The van der Waals surface area contributed by atoms with Gasteiger partial charge in [-0.1, -0.05) is 35.9 Å². The molecule has 2 heterocycles. The van der Waals surface area contributed by atoms with Crippen molar-refractivity contribution >= 4 is 11.5 Å². The molecule has 0 N–H and O–H groups in total. The van der Waals surface area contributed by atoms with Crippen molar-refractivity contribution in [2.45, 2.75) is 19.8 Å². The van der Waals surface area contributed by atoms with Crippen molar-refractivity contribution in [2.24, 2.45) is 0 Å². The minimum atomic E-state index is 0.0660. The number of rotatable bonds is 2. The van der Waals surface area contributed by atoms with Gasteiger partial charge in [-0.2, -0.15) is 0 Å². The van der Waals surface area contributed by atoms with Gasteiger partial charge in [0.15, 0.2) is 0 Å². The van der Waals surface area contributed by atoms with E-state index in [-0.39, 0.29) is 5.91 Å². The van der Waals surface area contributed by atoms with Crippen LogP contribution in [0.1, 0.15) is 35.7 Å². The molecule has 0 aliphatic carbocycles. The van der Waals surface area contributed by atoms with Gasteiger partial charge in [0.25, 0.3) is 5.91 Å². The molecule has 1 aliphatic rings. The minimum absolute atomic E-state index is 0.0660. The predicted molar refractivity (Wildman–Crippen MR) is 88.4 cm³/mol. The lowest BCUT2D eigenvalue weighted by molar-refractivity contribution is 0.0777. The van der Waals surface area contributed by atoms with Crippen molar-refractivity contribution < 1.29 is 4.79 Å². The Kier molecular flexibility index (Phi) is 4.33. The SMILES string of the molecule is CC1=C(c2ccccc2)CN(C(=O)c2cccnc2)CCC1. The normalized spacial score (nSPS) is 15.6. The van der Waals surface area contributed by atoms with Gasteiger partial charge in [-0.15, -0.1) is 0 Å². The van der Waals surface area contributed by atoms with Crippen LogP contribution in [0.3, 0.4) is 0 Å². The molecule has 1 aliphatic heterocycles. The van der Waals surface area contributed by atoms with Crippen LogP contribution in [0.4, 0.5) is 0 Å². The standard InChI is InChI=1S/C19H20N2O/c1-15-7-6-12-21(19(22)17-10-5-11-20-13-17)14-18(15)16-8-3-2-4-9-16/h2-5,8-11,13H,6-7,12,14H2,1H3. The smallest absolute Gasteiger partial charge is 0.255 e. The first kappa shape index (κ1) is 14.5. The first-order chi connectivity index (χ1) is 10.8. The third kappa shape index (κ3) is 3.08. The molecule has 0 saturated heterocycles. The zero-order chi connectivity index (χ0) is 15.4. The molecule has 0 spiro atoms. The van der Waals surface area contributed by atoms with Crippen LogP contribution in [-0.4, -0.2) is 28.9 Å². The second-order valence-corrected chi connectivity index (χ2v) is 5.70. The number of benzene rings is 1. The zero-order valence-corrected chi connectivity index (χ0v) is 12.8. The fourth-order valence-corrected chi connectivity index (χ4v) is 2.91.